The quantitative estimate of drug-likeness (QED) is 0.885. The number of rotatable bonds is 5. The lowest BCUT2D eigenvalue weighted by Gasteiger charge is -2.12. The molecule has 0 radical (unpaired) electrons. The fourth-order valence-electron chi connectivity index (χ4n) is 2.51. The molecule has 1 unspecified atom stereocenters. The minimum atomic E-state index is -0.897. The number of hydrogen-bond acceptors (Lipinski definition) is 3. The lowest BCUT2D eigenvalue weighted by Crippen LogP contribution is -2.29. The molecular formula is C17H17NO3. The largest absolute Gasteiger partial charge is 0.488 e. The first-order valence-corrected chi connectivity index (χ1v) is 7.00. The van der Waals surface area contributed by atoms with Crippen LogP contribution in [-0.2, 0) is 13.0 Å². The van der Waals surface area contributed by atoms with E-state index in [2.05, 4.69) is 11.4 Å². The summed E-state index contributed by atoms with van der Waals surface area (Å²) in [4.78, 5) is 10.8. The van der Waals surface area contributed by atoms with Gasteiger partial charge >= 0.3 is 5.97 Å². The van der Waals surface area contributed by atoms with Crippen LogP contribution in [0.2, 0.25) is 0 Å². The Balaban J connectivity index is 1.48. The van der Waals surface area contributed by atoms with E-state index in [-0.39, 0.29) is 6.10 Å². The summed E-state index contributed by atoms with van der Waals surface area (Å²) in [5.41, 5.74) is 2.64. The van der Waals surface area contributed by atoms with Crippen LogP contribution in [0.15, 0.2) is 48.5 Å². The van der Waals surface area contributed by atoms with Crippen LogP contribution in [0.4, 0.5) is 0 Å². The van der Waals surface area contributed by atoms with Crippen molar-refractivity contribution in [1.29, 1.82) is 0 Å². The lowest BCUT2D eigenvalue weighted by molar-refractivity contribution is 0.0697. The summed E-state index contributed by atoms with van der Waals surface area (Å²) in [6.07, 6.45) is 1.10. The molecule has 0 aromatic heterocycles. The van der Waals surface area contributed by atoms with Crippen molar-refractivity contribution in [1.82, 2.24) is 5.32 Å². The number of carboxylic acids is 1. The standard InChI is InChI=1S/C17H17NO3/c19-17(20)13-7-5-12(6-8-13)10-18-11-15-9-14-3-1-2-4-16(14)21-15/h1-8,15,18H,9-11H2,(H,19,20). The van der Waals surface area contributed by atoms with Crippen LogP contribution < -0.4 is 10.1 Å². The predicted octanol–water partition coefficient (Wildman–Crippen LogP) is 2.48. The van der Waals surface area contributed by atoms with Crippen molar-refractivity contribution >= 4 is 5.97 Å². The minimum Gasteiger partial charge on any atom is -0.488 e. The van der Waals surface area contributed by atoms with Gasteiger partial charge in [-0.15, -0.1) is 0 Å². The second-order valence-corrected chi connectivity index (χ2v) is 5.18. The third-order valence-corrected chi connectivity index (χ3v) is 3.62. The smallest absolute Gasteiger partial charge is 0.335 e. The zero-order chi connectivity index (χ0) is 14.7. The fourth-order valence-corrected chi connectivity index (χ4v) is 2.51. The van der Waals surface area contributed by atoms with Crippen LogP contribution >= 0.6 is 0 Å². The SMILES string of the molecule is O=C(O)c1ccc(CNCC2Cc3ccccc3O2)cc1. The molecule has 1 heterocycles. The molecule has 0 fully saturated rings. The first-order valence-electron chi connectivity index (χ1n) is 7.00. The number of carbonyl (C=O) groups is 1. The van der Waals surface area contributed by atoms with E-state index < -0.39 is 5.97 Å². The summed E-state index contributed by atoms with van der Waals surface area (Å²) in [6.45, 7) is 1.48. The molecule has 3 rings (SSSR count). The maximum Gasteiger partial charge on any atom is 0.335 e. The molecule has 1 aliphatic heterocycles. The fraction of sp³-hybridized carbons (Fsp3) is 0.235. The molecule has 1 atom stereocenters. The molecule has 0 bridgehead atoms. The molecule has 2 N–H and O–H groups in total. The Morgan fingerprint density at radius 1 is 1.19 bits per heavy atom. The van der Waals surface area contributed by atoms with Crippen molar-refractivity contribution < 1.29 is 14.6 Å². The number of carboxylic acid groups (broad SMARTS) is 1. The van der Waals surface area contributed by atoms with Crippen molar-refractivity contribution in [3.05, 3.63) is 65.2 Å². The topological polar surface area (TPSA) is 58.6 Å². The van der Waals surface area contributed by atoms with E-state index in [1.165, 1.54) is 5.56 Å². The molecule has 1 aliphatic rings. The van der Waals surface area contributed by atoms with Gasteiger partial charge in [-0.2, -0.15) is 0 Å². The molecule has 0 aliphatic carbocycles. The summed E-state index contributed by atoms with van der Waals surface area (Å²) in [5, 5.41) is 12.2. The van der Waals surface area contributed by atoms with E-state index in [0.717, 1.165) is 24.3 Å². The molecule has 0 amide bonds. The summed E-state index contributed by atoms with van der Waals surface area (Å²) in [6, 6.07) is 15.0. The zero-order valence-corrected chi connectivity index (χ0v) is 11.6. The van der Waals surface area contributed by atoms with Crippen LogP contribution in [-0.4, -0.2) is 23.7 Å². The third kappa shape index (κ3) is 3.23. The highest BCUT2D eigenvalue weighted by Gasteiger charge is 2.21. The van der Waals surface area contributed by atoms with Gasteiger partial charge < -0.3 is 15.2 Å². The maximum absolute atomic E-state index is 10.8. The number of nitrogens with one attached hydrogen (secondary N) is 1. The van der Waals surface area contributed by atoms with Gasteiger partial charge in [0.1, 0.15) is 11.9 Å². The van der Waals surface area contributed by atoms with E-state index in [1.54, 1.807) is 12.1 Å². The number of benzene rings is 2. The van der Waals surface area contributed by atoms with Crippen LogP contribution in [0.5, 0.6) is 5.75 Å². The molecule has 4 nitrogen and oxygen atoms in total. The minimum absolute atomic E-state index is 0.167. The average molecular weight is 283 g/mol. The molecule has 108 valence electrons. The summed E-state index contributed by atoms with van der Waals surface area (Å²) >= 11 is 0. The Kier molecular flexibility index (Phi) is 3.88. The van der Waals surface area contributed by atoms with Crippen molar-refractivity contribution in [2.75, 3.05) is 6.54 Å². The highest BCUT2D eigenvalue weighted by atomic mass is 16.5. The van der Waals surface area contributed by atoms with Gasteiger partial charge in [-0.1, -0.05) is 30.3 Å². The molecule has 21 heavy (non-hydrogen) atoms. The predicted molar refractivity (Wildman–Crippen MR) is 79.7 cm³/mol. The molecule has 4 heteroatoms. The molecular weight excluding hydrogens is 266 g/mol. The Labute approximate surface area is 123 Å². The highest BCUT2D eigenvalue weighted by Crippen LogP contribution is 2.27. The van der Waals surface area contributed by atoms with Crippen LogP contribution in [0.3, 0.4) is 0 Å². The van der Waals surface area contributed by atoms with E-state index in [9.17, 15) is 4.79 Å². The van der Waals surface area contributed by atoms with Gasteiger partial charge in [0.05, 0.1) is 5.56 Å². The van der Waals surface area contributed by atoms with Gasteiger partial charge in [-0.25, -0.2) is 4.79 Å². The van der Waals surface area contributed by atoms with E-state index in [0.29, 0.717) is 12.1 Å². The number of ether oxygens (including phenoxy) is 1. The van der Waals surface area contributed by atoms with Crippen LogP contribution in [0.25, 0.3) is 0 Å². The Morgan fingerprint density at radius 2 is 1.95 bits per heavy atom. The number of fused-ring (bicyclic) bond motifs is 1. The monoisotopic (exact) mass is 283 g/mol. The van der Waals surface area contributed by atoms with Gasteiger partial charge in [0, 0.05) is 19.5 Å². The van der Waals surface area contributed by atoms with Gasteiger partial charge in [-0.05, 0) is 29.3 Å². The third-order valence-electron chi connectivity index (χ3n) is 3.62. The van der Waals surface area contributed by atoms with Crippen molar-refractivity contribution in [2.24, 2.45) is 0 Å². The molecule has 2 aromatic carbocycles. The van der Waals surface area contributed by atoms with E-state index in [1.807, 2.05) is 30.3 Å². The van der Waals surface area contributed by atoms with Crippen molar-refractivity contribution in [2.45, 2.75) is 19.1 Å². The highest BCUT2D eigenvalue weighted by molar-refractivity contribution is 5.87. The Morgan fingerprint density at radius 3 is 2.67 bits per heavy atom. The van der Waals surface area contributed by atoms with Gasteiger partial charge in [0.2, 0.25) is 0 Å². The zero-order valence-electron chi connectivity index (χ0n) is 11.6. The Bertz CT molecular complexity index is 612. The summed E-state index contributed by atoms with van der Waals surface area (Å²) in [7, 11) is 0. The maximum atomic E-state index is 10.8. The van der Waals surface area contributed by atoms with E-state index >= 15 is 0 Å². The van der Waals surface area contributed by atoms with Gasteiger partial charge in [-0.3, -0.25) is 0 Å². The second kappa shape index (κ2) is 5.97. The lowest BCUT2D eigenvalue weighted by atomic mass is 10.1. The molecule has 0 spiro atoms. The number of aromatic carboxylic acids is 1. The van der Waals surface area contributed by atoms with Gasteiger partial charge in [0.15, 0.2) is 0 Å². The van der Waals surface area contributed by atoms with E-state index in [4.69, 9.17) is 9.84 Å². The van der Waals surface area contributed by atoms with Crippen LogP contribution in [0.1, 0.15) is 21.5 Å². The number of hydrogen-bond donors (Lipinski definition) is 2. The Hall–Kier alpha value is -2.33. The van der Waals surface area contributed by atoms with Crippen molar-refractivity contribution in [3.63, 3.8) is 0 Å². The molecule has 0 saturated heterocycles. The van der Waals surface area contributed by atoms with Gasteiger partial charge in [0.25, 0.3) is 0 Å². The molecule has 0 saturated carbocycles. The summed E-state index contributed by atoms with van der Waals surface area (Å²) in [5.74, 6) is 0.0849. The van der Waals surface area contributed by atoms with Crippen LogP contribution in [0, 0.1) is 0 Å². The normalized spacial score (nSPS) is 16.3. The summed E-state index contributed by atoms with van der Waals surface area (Å²) < 4.78 is 5.86. The van der Waals surface area contributed by atoms with Crippen molar-refractivity contribution in [3.8, 4) is 5.75 Å². The number of para-hydroxylation sites is 1. The second-order valence-electron chi connectivity index (χ2n) is 5.18. The average Bonchev–Trinajstić information content (AvgIpc) is 2.90. The first kappa shape index (κ1) is 13.6. The molecule has 2 aromatic rings. The first-order chi connectivity index (χ1) is 10.2.